The van der Waals surface area contributed by atoms with E-state index in [0.717, 1.165) is 21.5 Å². The fraction of sp³-hybridized carbons (Fsp3) is 0. The normalized spacial score (nSPS) is 10.6. The third kappa shape index (κ3) is 7.82. The van der Waals surface area contributed by atoms with Crippen molar-refractivity contribution in [2.45, 2.75) is 0 Å². The Labute approximate surface area is 456 Å². The van der Waals surface area contributed by atoms with Gasteiger partial charge in [-0.2, -0.15) is 47.4 Å². The SMILES string of the molecule is N#Cc1ccc(-c2ccc3c4ccc(-c5ccc(C#N)cc5C#N)cc4n(-c4cc(C#N)c(-c5ccncc5)cc4-n4c5cc(-c6ccc(C#N)cc6C#N)ccc5c5ccc(-c6ccc(C#N)cc6C#N)cc54)c3c2)c(C#N)c1. The van der Waals surface area contributed by atoms with Crippen molar-refractivity contribution in [3.8, 4) is 122 Å². The van der Waals surface area contributed by atoms with Crippen LogP contribution < -0.4 is 0 Å². The van der Waals surface area contributed by atoms with Crippen LogP contribution in [0.15, 0.2) is 182 Å². The van der Waals surface area contributed by atoms with Crippen molar-refractivity contribution >= 4 is 43.6 Å². The maximum atomic E-state index is 11.3. The lowest BCUT2D eigenvalue weighted by Crippen LogP contribution is -2.06. The molecule has 0 aliphatic heterocycles. The highest BCUT2D eigenvalue weighted by Gasteiger charge is 2.25. The lowest BCUT2D eigenvalue weighted by atomic mass is 9.96. The summed E-state index contributed by atoms with van der Waals surface area (Å²) in [5.74, 6) is 0. The van der Waals surface area contributed by atoms with E-state index in [-0.39, 0.29) is 0 Å². The molecule has 80 heavy (non-hydrogen) atoms. The fourth-order valence-corrected chi connectivity index (χ4v) is 10.9. The zero-order chi connectivity index (χ0) is 55.2. The van der Waals surface area contributed by atoms with Crippen LogP contribution in [-0.2, 0) is 0 Å². The standard InChI is InChI=1S/C68H30N12/c69-31-40-1-9-54(49(21-40)35-73)45-5-13-58-59-14-6-46(55-10-2-41(32-70)22-50(55)36-74)26-64(59)79(63(58)25-45)67-29-53(39-77)62(44-17-19-78-20-18-44)30-68(67)80-65-27-47(56-11-3-42(33-71)23-51(56)37-75)7-15-60(65)61-16-8-48(28-66(61)80)57-12-4-43(34-72)24-52(57)38-76/h1-30H. The van der Waals surface area contributed by atoms with Crippen LogP contribution in [0, 0.1) is 102 Å². The van der Waals surface area contributed by atoms with Gasteiger partial charge in [-0.05, 0) is 147 Å². The topological polar surface area (TPSA) is 237 Å². The van der Waals surface area contributed by atoms with Crippen LogP contribution in [0.2, 0.25) is 0 Å². The van der Waals surface area contributed by atoms with Gasteiger partial charge in [0.05, 0.1) is 138 Å². The Morgan fingerprint density at radius 2 is 0.537 bits per heavy atom. The predicted molar refractivity (Wildman–Crippen MR) is 303 cm³/mol. The van der Waals surface area contributed by atoms with E-state index in [0.29, 0.717) is 139 Å². The van der Waals surface area contributed by atoms with Gasteiger partial charge >= 0.3 is 0 Å². The molecule has 0 saturated heterocycles. The average Bonchev–Trinajstić information content (AvgIpc) is 4.15. The summed E-state index contributed by atoms with van der Waals surface area (Å²) in [6, 6.07) is 71.2. The van der Waals surface area contributed by atoms with Crippen molar-refractivity contribution in [1.82, 2.24) is 14.1 Å². The summed E-state index contributed by atoms with van der Waals surface area (Å²) < 4.78 is 4.18. The molecule has 12 aromatic rings. The van der Waals surface area contributed by atoms with Crippen molar-refractivity contribution in [2.24, 2.45) is 0 Å². The number of nitrogens with zero attached hydrogens (tertiary/aromatic N) is 12. The maximum Gasteiger partial charge on any atom is 0.0998 e. The number of fused-ring (bicyclic) bond motifs is 6. The van der Waals surface area contributed by atoms with E-state index in [1.807, 2.05) is 97.1 Å². The summed E-state index contributed by atoms with van der Waals surface area (Å²) in [6.45, 7) is 0. The number of rotatable bonds is 7. The molecule has 0 aliphatic carbocycles. The van der Waals surface area contributed by atoms with E-state index in [1.165, 1.54) is 0 Å². The molecule has 12 heteroatoms. The van der Waals surface area contributed by atoms with Gasteiger partial charge in [0.1, 0.15) is 0 Å². The summed E-state index contributed by atoms with van der Waals surface area (Å²) in [4.78, 5) is 4.30. The first-order chi connectivity index (χ1) is 39.2. The first kappa shape index (κ1) is 48.1. The van der Waals surface area contributed by atoms with Gasteiger partial charge in [0.25, 0.3) is 0 Å². The summed E-state index contributed by atoms with van der Waals surface area (Å²) in [6.07, 6.45) is 3.32. The van der Waals surface area contributed by atoms with Crippen molar-refractivity contribution in [3.63, 3.8) is 0 Å². The molecule has 0 fully saturated rings. The second-order valence-electron chi connectivity index (χ2n) is 18.8. The Kier molecular flexibility index (Phi) is 11.7. The van der Waals surface area contributed by atoms with Gasteiger partial charge in [-0.3, -0.25) is 4.98 Å². The van der Waals surface area contributed by atoms with Gasteiger partial charge in [-0.25, -0.2) is 0 Å². The molecule has 0 N–H and O–H groups in total. The monoisotopic (exact) mass is 1010 g/mol. The largest absolute Gasteiger partial charge is 0.307 e. The second kappa shape index (κ2) is 19.4. The van der Waals surface area contributed by atoms with Crippen LogP contribution in [0.3, 0.4) is 0 Å². The highest BCUT2D eigenvalue weighted by molar-refractivity contribution is 6.14. The second-order valence-corrected chi connectivity index (χ2v) is 18.8. The molecule has 0 saturated carbocycles. The molecule has 0 spiro atoms. The quantitative estimate of drug-likeness (QED) is 0.146. The van der Waals surface area contributed by atoms with E-state index in [9.17, 15) is 47.4 Å². The summed E-state index contributed by atoms with van der Waals surface area (Å²) in [7, 11) is 0. The molecular weight excluding hydrogens is 985 g/mol. The molecular formula is C68H30N12. The van der Waals surface area contributed by atoms with Crippen LogP contribution in [0.5, 0.6) is 0 Å². The molecule has 0 unspecified atom stereocenters. The van der Waals surface area contributed by atoms with Crippen molar-refractivity contribution < 1.29 is 0 Å². The number of hydrogen-bond donors (Lipinski definition) is 0. The molecule has 0 atom stereocenters. The number of aromatic nitrogens is 3. The number of nitriles is 9. The van der Waals surface area contributed by atoms with Crippen LogP contribution in [0.4, 0.5) is 0 Å². The van der Waals surface area contributed by atoms with Crippen LogP contribution in [0.25, 0.3) is 111 Å². The van der Waals surface area contributed by atoms with Gasteiger partial charge in [-0.15, -0.1) is 0 Å². The van der Waals surface area contributed by atoms with Gasteiger partial charge in [-0.1, -0.05) is 72.8 Å². The number of benzene rings is 9. The van der Waals surface area contributed by atoms with Gasteiger partial charge in [0.15, 0.2) is 0 Å². The summed E-state index contributed by atoms with van der Waals surface area (Å²) in [5, 5.41) is 95.7. The Morgan fingerprint density at radius 3 is 0.825 bits per heavy atom. The van der Waals surface area contributed by atoms with Gasteiger partial charge < -0.3 is 9.13 Å². The van der Waals surface area contributed by atoms with Crippen molar-refractivity contribution in [2.75, 3.05) is 0 Å². The molecule has 9 aromatic carbocycles. The van der Waals surface area contributed by atoms with Gasteiger partial charge in [0.2, 0.25) is 0 Å². The van der Waals surface area contributed by atoms with Crippen molar-refractivity contribution in [3.05, 3.63) is 232 Å². The lowest BCUT2D eigenvalue weighted by Gasteiger charge is -2.20. The number of hydrogen-bond acceptors (Lipinski definition) is 10. The third-order valence-corrected chi connectivity index (χ3v) is 14.6. The summed E-state index contributed by atoms with van der Waals surface area (Å²) >= 11 is 0. The third-order valence-electron chi connectivity index (χ3n) is 14.6. The average molecular weight is 1020 g/mol. The maximum absolute atomic E-state index is 11.3. The van der Waals surface area contributed by atoms with E-state index in [2.05, 4.69) is 68.7 Å². The molecule has 12 rings (SSSR count). The van der Waals surface area contributed by atoms with E-state index < -0.39 is 0 Å². The smallest absolute Gasteiger partial charge is 0.0998 e. The zero-order valence-corrected chi connectivity index (χ0v) is 41.7. The van der Waals surface area contributed by atoms with E-state index in [1.54, 1.807) is 85.2 Å². The molecule has 0 aliphatic rings. The van der Waals surface area contributed by atoms with Gasteiger partial charge in [0, 0.05) is 39.5 Å². The van der Waals surface area contributed by atoms with Crippen LogP contribution in [0.1, 0.15) is 50.1 Å². The highest BCUT2D eigenvalue weighted by Crippen LogP contribution is 2.45. The molecule has 12 nitrogen and oxygen atoms in total. The Bertz CT molecular complexity index is 4860. The molecule has 0 amide bonds. The van der Waals surface area contributed by atoms with E-state index >= 15 is 0 Å². The molecule has 0 radical (unpaired) electrons. The minimum Gasteiger partial charge on any atom is -0.307 e. The van der Waals surface area contributed by atoms with Crippen LogP contribution in [-0.4, -0.2) is 14.1 Å². The minimum absolute atomic E-state index is 0.299. The number of pyridine rings is 1. The fourth-order valence-electron chi connectivity index (χ4n) is 10.9. The van der Waals surface area contributed by atoms with Crippen molar-refractivity contribution in [1.29, 1.82) is 47.4 Å². The first-order valence-electron chi connectivity index (χ1n) is 24.7. The predicted octanol–water partition coefficient (Wildman–Crippen LogP) is 14.5. The molecule has 362 valence electrons. The first-order valence-corrected chi connectivity index (χ1v) is 24.7. The molecule has 3 heterocycles. The molecule has 0 bridgehead atoms. The Hall–Kier alpha value is -12.9. The zero-order valence-electron chi connectivity index (χ0n) is 41.7. The summed E-state index contributed by atoms with van der Waals surface area (Å²) in [5.41, 5.74) is 13.1. The minimum atomic E-state index is 0.299. The van der Waals surface area contributed by atoms with Crippen LogP contribution >= 0.6 is 0 Å². The molecule has 3 aromatic heterocycles. The Balaban J connectivity index is 1.27. The lowest BCUT2D eigenvalue weighted by molar-refractivity contribution is 1.09. The highest BCUT2D eigenvalue weighted by atomic mass is 15.1. The van der Waals surface area contributed by atoms with E-state index in [4.69, 9.17) is 0 Å². The Morgan fingerprint density at radius 1 is 0.250 bits per heavy atom.